The lowest BCUT2D eigenvalue weighted by molar-refractivity contribution is 0.641. The summed E-state index contributed by atoms with van der Waals surface area (Å²) in [6, 6.07) is 10.5. The average molecular weight is 213 g/mol. The SMILES string of the molecule is CC(C)C(Br)c1ccccc1. The van der Waals surface area contributed by atoms with Crippen LogP contribution in [0.2, 0.25) is 0 Å². The van der Waals surface area contributed by atoms with E-state index in [0.29, 0.717) is 10.7 Å². The summed E-state index contributed by atoms with van der Waals surface area (Å²) in [5.41, 5.74) is 1.36. The van der Waals surface area contributed by atoms with Crippen molar-refractivity contribution in [1.29, 1.82) is 0 Å². The number of halogens is 1. The van der Waals surface area contributed by atoms with E-state index < -0.39 is 0 Å². The molecule has 0 aliphatic carbocycles. The third-order valence-corrected chi connectivity index (χ3v) is 3.29. The molecule has 0 heterocycles. The summed E-state index contributed by atoms with van der Waals surface area (Å²) in [4.78, 5) is 0.490. The Hall–Kier alpha value is -0.300. The van der Waals surface area contributed by atoms with Gasteiger partial charge in [0.1, 0.15) is 0 Å². The third kappa shape index (κ3) is 2.33. The number of alkyl halides is 1. The van der Waals surface area contributed by atoms with Crippen LogP contribution in [0.1, 0.15) is 24.2 Å². The van der Waals surface area contributed by atoms with E-state index in [-0.39, 0.29) is 0 Å². The van der Waals surface area contributed by atoms with Gasteiger partial charge in [-0.1, -0.05) is 60.1 Å². The first-order valence-corrected chi connectivity index (χ1v) is 4.82. The molecule has 0 aliphatic heterocycles. The Morgan fingerprint density at radius 2 is 1.64 bits per heavy atom. The monoisotopic (exact) mass is 212 g/mol. The zero-order valence-electron chi connectivity index (χ0n) is 6.92. The van der Waals surface area contributed by atoms with Gasteiger partial charge in [-0.05, 0) is 11.5 Å². The van der Waals surface area contributed by atoms with E-state index in [1.807, 2.05) is 6.07 Å². The van der Waals surface area contributed by atoms with Crippen LogP contribution in [-0.4, -0.2) is 0 Å². The Morgan fingerprint density at radius 1 is 1.09 bits per heavy atom. The van der Waals surface area contributed by atoms with Gasteiger partial charge in [0.2, 0.25) is 0 Å². The van der Waals surface area contributed by atoms with Gasteiger partial charge in [-0.2, -0.15) is 0 Å². The fourth-order valence-electron chi connectivity index (χ4n) is 1.02. The second-order valence-corrected chi connectivity index (χ2v) is 4.04. The second-order valence-electron chi connectivity index (χ2n) is 3.06. The number of hydrogen-bond acceptors (Lipinski definition) is 0. The summed E-state index contributed by atoms with van der Waals surface area (Å²) in [6.45, 7) is 4.43. The molecule has 0 amide bonds. The maximum Gasteiger partial charge on any atom is 0.0418 e. The van der Waals surface area contributed by atoms with Crippen molar-refractivity contribution >= 4 is 15.9 Å². The van der Waals surface area contributed by atoms with E-state index in [1.54, 1.807) is 0 Å². The van der Waals surface area contributed by atoms with Crippen molar-refractivity contribution in [2.24, 2.45) is 5.92 Å². The highest BCUT2D eigenvalue weighted by Crippen LogP contribution is 2.29. The minimum absolute atomic E-state index is 0.490. The Kier molecular flexibility index (Phi) is 3.13. The van der Waals surface area contributed by atoms with Gasteiger partial charge >= 0.3 is 0 Å². The van der Waals surface area contributed by atoms with Crippen LogP contribution in [-0.2, 0) is 0 Å². The molecular formula is C10H13Br. The van der Waals surface area contributed by atoms with Gasteiger partial charge in [0.25, 0.3) is 0 Å². The van der Waals surface area contributed by atoms with Crippen LogP contribution in [0.3, 0.4) is 0 Å². The zero-order valence-corrected chi connectivity index (χ0v) is 8.51. The lowest BCUT2D eigenvalue weighted by Gasteiger charge is -2.13. The van der Waals surface area contributed by atoms with Crippen molar-refractivity contribution in [3.63, 3.8) is 0 Å². The highest BCUT2D eigenvalue weighted by molar-refractivity contribution is 9.09. The molecule has 1 unspecified atom stereocenters. The van der Waals surface area contributed by atoms with Gasteiger partial charge in [-0.15, -0.1) is 0 Å². The molecule has 11 heavy (non-hydrogen) atoms. The normalized spacial score (nSPS) is 13.5. The maximum absolute atomic E-state index is 3.65. The minimum atomic E-state index is 0.490. The lowest BCUT2D eigenvalue weighted by Crippen LogP contribution is -1.97. The molecule has 0 saturated heterocycles. The summed E-state index contributed by atoms with van der Waals surface area (Å²) >= 11 is 3.65. The fourth-order valence-corrected chi connectivity index (χ4v) is 1.33. The molecule has 1 rings (SSSR count). The standard InChI is InChI=1S/C10H13Br/c1-8(2)10(11)9-6-4-3-5-7-9/h3-8,10H,1-2H3. The molecule has 0 N–H and O–H groups in total. The van der Waals surface area contributed by atoms with Crippen LogP contribution < -0.4 is 0 Å². The third-order valence-electron chi connectivity index (χ3n) is 1.70. The molecule has 0 nitrogen and oxygen atoms in total. The Morgan fingerprint density at radius 3 is 2.09 bits per heavy atom. The largest absolute Gasteiger partial charge is 0.0836 e. The van der Waals surface area contributed by atoms with Crippen molar-refractivity contribution in [3.05, 3.63) is 35.9 Å². The summed E-state index contributed by atoms with van der Waals surface area (Å²) in [7, 11) is 0. The molecule has 0 aliphatic rings. The Bertz CT molecular complexity index is 203. The molecule has 1 aromatic rings. The first kappa shape index (κ1) is 8.79. The molecule has 1 heteroatoms. The summed E-state index contributed by atoms with van der Waals surface area (Å²) in [5, 5.41) is 0. The smallest absolute Gasteiger partial charge is 0.0418 e. The molecule has 0 aromatic heterocycles. The highest BCUT2D eigenvalue weighted by atomic mass is 79.9. The van der Waals surface area contributed by atoms with Crippen molar-refractivity contribution in [2.75, 3.05) is 0 Å². The molecule has 1 atom stereocenters. The molecule has 0 bridgehead atoms. The fraction of sp³-hybridized carbons (Fsp3) is 0.400. The van der Waals surface area contributed by atoms with E-state index in [1.165, 1.54) is 5.56 Å². The minimum Gasteiger partial charge on any atom is -0.0836 e. The average Bonchev–Trinajstić information content (AvgIpc) is 2.05. The van der Waals surface area contributed by atoms with Crippen LogP contribution in [0.25, 0.3) is 0 Å². The van der Waals surface area contributed by atoms with Gasteiger partial charge in [-0.3, -0.25) is 0 Å². The van der Waals surface area contributed by atoms with Gasteiger partial charge < -0.3 is 0 Å². The van der Waals surface area contributed by atoms with Crippen LogP contribution in [0.5, 0.6) is 0 Å². The lowest BCUT2D eigenvalue weighted by atomic mass is 10.0. The highest BCUT2D eigenvalue weighted by Gasteiger charge is 2.09. The predicted octanol–water partition coefficient (Wildman–Crippen LogP) is 3.78. The molecule has 0 saturated carbocycles. The van der Waals surface area contributed by atoms with E-state index >= 15 is 0 Å². The van der Waals surface area contributed by atoms with Crippen LogP contribution in [0.15, 0.2) is 30.3 Å². The van der Waals surface area contributed by atoms with Gasteiger partial charge in [0.05, 0.1) is 0 Å². The van der Waals surface area contributed by atoms with Crippen LogP contribution >= 0.6 is 15.9 Å². The van der Waals surface area contributed by atoms with E-state index in [9.17, 15) is 0 Å². The summed E-state index contributed by atoms with van der Waals surface area (Å²) in [6.07, 6.45) is 0. The van der Waals surface area contributed by atoms with Crippen molar-refractivity contribution in [3.8, 4) is 0 Å². The zero-order chi connectivity index (χ0) is 8.27. The first-order valence-electron chi connectivity index (χ1n) is 3.91. The molecule has 1 aromatic carbocycles. The van der Waals surface area contributed by atoms with Crippen LogP contribution in [0, 0.1) is 5.92 Å². The van der Waals surface area contributed by atoms with E-state index in [4.69, 9.17) is 0 Å². The van der Waals surface area contributed by atoms with E-state index in [2.05, 4.69) is 54.0 Å². The van der Waals surface area contributed by atoms with Gasteiger partial charge in [0, 0.05) is 4.83 Å². The maximum atomic E-state index is 3.65. The number of hydrogen-bond donors (Lipinski definition) is 0. The summed E-state index contributed by atoms with van der Waals surface area (Å²) < 4.78 is 0. The first-order chi connectivity index (χ1) is 5.22. The van der Waals surface area contributed by atoms with Crippen molar-refractivity contribution < 1.29 is 0 Å². The van der Waals surface area contributed by atoms with Crippen molar-refractivity contribution in [1.82, 2.24) is 0 Å². The van der Waals surface area contributed by atoms with Crippen molar-refractivity contribution in [2.45, 2.75) is 18.7 Å². The molecule has 0 radical (unpaired) electrons. The van der Waals surface area contributed by atoms with Gasteiger partial charge in [0.15, 0.2) is 0 Å². The van der Waals surface area contributed by atoms with E-state index in [0.717, 1.165) is 0 Å². The number of benzene rings is 1. The topological polar surface area (TPSA) is 0 Å². The van der Waals surface area contributed by atoms with Crippen LogP contribution in [0.4, 0.5) is 0 Å². The summed E-state index contributed by atoms with van der Waals surface area (Å²) in [5.74, 6) is 0.650. The molecule has 0 fully saturated rings. The molecular weight excluding hydrogens is 200 g/mol. The molecule has 0 spiro atoms. The number of rotatable bonds is 2. The second kappa shape index (κ2) is 3.91. The van der Waals surface area contributed by atoms with Gasteiger partial charge in [-0.25, -0.2) is 0 Å². The Balaban J connectivity index is 2.77. The predicted molar refractivity (Wildman–Crippen MR) is 52.9 cm³/mol. The Labute approximate surface area is 76.8 Å². The molecule has 60 valence electrons. The quantitative estimate of drug-likeness (QED) is 0.656.